The molecule has 0 aliphatic carbocycles. The molecule has 3 unspecified atom stereocenters. The molecule has 3 atom stereocenters. The van der Waals surface area contributed by atoms with E-state index in [0.29, 0.717) is 6.04 Å². The highest BCUT2D eigenvalue weighted by molar-refractivity contribution is 4.85. The van der Waals surface area contributed by atoms with Crippen molar-refractivity contribution in [2.24, 2.45) is 5.92 Å². The van der Waals surface area contributed by atoms with Crippen LogP contribution in [0.3, 0.4) is 0 Å². The van der Waals surface area contributed by atoms with Gasteiger partial charge in [0.2, 0.25) is 0 Å². The van der Waals surface area contributed by atoms with Gasteiger partial charge in [0, 0.05) is 24.7 Å². The van der Waals surface area contributed by atoms with E-state index in [0.717, 1.165) is 24.5 Å². The Labute approximate surface area is 102 Å². The van der Waals surface area contributed by atoms with E-state index in [9.17, 15) is 0 Å². The molecule has 1 N–H and O–H groups in total. The van der Waals surface area contributed by atoms with Gasteiger partial charge in [-0.25, -0.2) is 0 Å². The van der Waals surface area contributed by atoms with Crippen LogP contribution in [0.1, 0.15) is 53.9 Å². The summed E-state index contributed by atoms with van der Waals surface area (Å²) < 4.78 is 0. The molecule has 1 fully saturated rings. The molecular weight excluding hydrogens is 196 g/mol. The van der Waals surface area contributed by atoms with E-state index in [-0.39, 0.29) is 0 Å². The second-order valence-corrected chi connectivity index (χ2v) is 5.85. The predicted molar refractivity (Wildman–Crippen MR) is 71.8 cm³/mol. The van der Waals surface area contributed by atoms with Crippen molar-refractivity contribution in [2.45, 2.75) is 72.0 Å². The van der Waals surface area contributed by atoms with Crippen LogP contribution in [0.5, 0.6) is 0 Å². The van der Waals surface area contributed by atoms with Crippen LogP contribution in [0.15, 0.2) is 0 Å². The molecule has 16 heavy (non-hydrogen) atoms. The van der Waals surface area contributed by atoms with Crippen molar-refractivity contribution in [1.29, 1.82) is 0 Å². The number of hydrogen-bond acceptors (Lipinski definition) is 2. The van der Waals surface area contributed by atoms with E-state index in [1.807, 2.05) is 0 Å². The van der Waals surface area contributed by atoms with Gasteiger partial charge in [-0.3, -0.25) is 4.90 Å². The van der Waals surface area contributed by atoms with E-state index < -0.39 is 0 Å². The first-order chi connectivity index (χ1) is 7.54. The maximum Gasteiger partial charge on any atom is 0.00961 e. The van der Waals surface area contributed by atoms with Gasteiger partial charge < -0.3 is 5.32 Å². The summed E-state index contributed by atoms with van der Waals surface area (Å²) in [7, 11) is 0. The monoisotopic (exact) mass is 226 g/mol. The average Bonchev–Trinajstić information content (AvgIpc) is 2.57. The van der Waals surface area contributed by atoms with Crippen LogP contribution in [0.2, 0.25) is 0 Å². The molecule has 1 aliphatic rings. The lowest BCUT2D eigenvalue weighted by Gasteiger charge is -2.30. The van der Waals surface area contributed by atoms with Crippen molar-refractivity contribution in [3.05, 3.63) is 0 Å². The second-order valence-electron chi connectivity index (χ2n) is 5.85. The lowest BCUT2D eigenvalue weighted by molar-refractivity contribution is 0.169. The largest absolute Gasteiger partial charge is 0.314 e. The van der Waals surface area contributed by atoms with Gasteiger partial charge in [0.25, 0.3) is 0 Å². The molecule has 0 aromatic carbocycles. The van der Waals surface area contributed by atoms with Crippen molar-refractivity contribution in [1.82, 2.24) is 10.2 Å². The van der Waals surface area contributed by atoms with Gasteiger partial charge >= 0.3 is 0 Å². The Morgan fingerprint density at radius 3 is 2.50 bits per heavy atom. The summed E-state index contributed by atoms with van der Waals surface area (Å²) in [5, 5.41) is 3.54. The first kappa shape index (κ1) is 14.0. The number of nitrogens with one attached hydrogen (secondary N) is 1. The van der Waals surface area contributed by atoms with Crippen LogP contribution >= 0.6 is 0 Å². The Morgan fingerprint density at radius 2 is 1.94 bits per heavy atom. The maximum atomic E-state index is 3.54. The van der Waals surface area contributed by atoms with Crippen molar-refractivity contribution < 1.29 is 0 Å². The second kappa shape index (κ2) is 6.61. The van der Waals surface area contributed by atoms with Gasteiger partial charge in [0.15, 0.2) is 0 Å². The molecule has 0 radical (unpaired) electrons. The van der Waals surface area contributed by atoms with E-state index in [1.165, 1.54) is 25.8 Å². The third-order valence-corrected chi connectivity index (χ3v) is 3.82. The summed E-state index contributed by atoms with van der Waals surface area (Å²) in [6.45, 7) is 13.9. The molecule has 0 aromatic heterocycles. The normalized spacial score (nSPS) is 28.9. The summed E-state index contributed by atoms with van der Waals surface area (Å²) in [5.41, 5.74) is 0. The molecule has 0 amide bonds. The smallest absolute Gasteiger partial charge is 0.00961 e. The van der Waals surface area contributed by atoms with Gasteiger partial charge in [-0.15, -0.1) is 0 Å². The summed E-state index contributed by atoms with van der Waals surface area (Å²) in [4.78, 5) is 2.73. The van der Waals surface area contributed by atoms with Crippen LogP contribution in [-0.2, 0) is 0 Å². The molecule has 96 valence electrons. The standard InChI is InChI=1S/C14H30N2/c1-6-14-8-7-13(5)16(14)10-12(4)9-15-11(2)3/h11-15H,6-10H2,1-5H3. The van der Waals surface area contributed by atoms with Gasteiger partial charge in [0.05, 0.1) is 0 Å². The van der Waals surface area contributed by atoms with Gasteiger partial charge in [-0.1, -0.05) is 27.7 Å². The topological polar surface area (TPSA) is 15.3 Å². The van der Waals surface area contributed by atoms with Gasteiger partial charge in [-0.05, 0) is 38.6 Å². The maximum absolute atomic E-state index is 3.54. The summed E-state index contributed by atoms with van der Waals surface area (Å²) in [6, 6.07) is 2.25. The number of likely N-dealkylation sites (tertiary alicyclic amines) is 1. The van der Waals surface area contributed by atoms with Crippen LogP contribution < -0.4 is 5.32 Å². The molecule has 1 saturated heterocycles. The molecule has 1 rings (SSSR count). The fraction of sp³-hybridized carbons (Fsp3) is 1.00. The van der Waals surface area contributed by atoms with Crippen molar-refractivity contribution in [2.75, 3.05) is 13.1 Å². The lowest BCUT2D eigenvalue weighted by Crippen LogP contribution is -2.40. The highest BCUT2D eigenvalue weighted by Crippen LogP contribution is 2.26. The Morgan fingerprint density at radius 1 is 1.25 bits per heavy atom. The molecule has 1 aliphatic heterocycles. The zero-order valence-electron chi connectivity index (χ0n) is 11.8. The molecule has 2 heteroatoms. The predicted octanol–water partition coefficient (Wildman–Crippen LogP) is 2.88. The molecular formula is C14H30N2. The average molecular weight is 226 g/mol. The zero-order valence-corrected chi connectivity index (χ0v) is 11.8. The fourth-order valence-corrected chi connectivity index (χ4v) is 2.75. The van der Waals surface area contributed by atoms with E-state index in [2.05, 4.69) is 44.8 Å². The minimum atomic E-state index is 0.612. The first-order valence-corrected chi connectivity index (χ1v) is 7.03. The number of rotatable bonds is 6. The highest BCUT2D eigenvalue weighted by atomic mass is 15.2. The molecule has 0 bridgehead atoms. The van der Waals surface area contributed by atoms with Crippen LogP contribution in [0.25, 0.3) is 0 Å². The Kier molecular flexibility index (Phi) is 5.77. The minimum Gasteiger partial charge on any atom is -0.314 e. The third-order valence-electron chi connectivity index (χ3n) is 3.82. The van der Waals surface area contributed by atoms with E-state index in [4.69, 9.17) is 0 Å². The molecule has 0 saturated carbocycles. The quantitative estimate of drug-likeness (QED) is 0.749. The van der Waals surface area contributed by atoms with Crippen molar-refractivity contribution in [3.63, 3.8) is 0 Å². The van der Waals surface area contributed by atoms with Crippen molar-refractivity contribution >= 4 is 0 Å². The van der Waals surface area contributed by atoms with Gasteiger partial charge in [-0.2, -0.15) is 0 Å². The van der Waals surface area contributed by atoms with E-state index in [1.54, 1.807) is 0 Å². The number of nitrogens with zero attached hydrogens (tertiary/aromatic N) is 1. The Bertz CT molecular complexity index is 191. The summed E-state index contributed by atoms with van der Waals surface area (Å²) in [5.74, 6) is 0.761. The highest BCUT2D eigenvalue weighted by Gasteiger charge is 2.29. The third kappa shape index (κ3) is 4.06. The lowest BCUT2D eigenvalue weighted by atomic mass is 10.1. The Hall–Kier alpha value is -0.0800. The summed E-state index contributed by atoms with van der Waals surface area (Å²) in [6.07, 6.45) is 4.11. The Balaban J connectivity index is 2.33. The molecule has 1 heterocycles. The van der Waals surface area contributed by atoms with Crippen molar-refractivity contribution in [3.8, 4) is 0 Å². The number of hydrogen-bond donors (Lipinski definition) is 1. The first-order valence-electron chi connectivity index (χ1n) is 7.03. The fourth-order valence-electron chi connectivity index (χ4n) is 2.75. The summed E-state index contributed by atoms with van der Waals surface area (Å²) >= 11 is 0. The molecule has 0 aromatic rings. The minimum absolute atomic E-state index is 0.612. The molecule has 0 spiro atoms. The van der Waals surface area contributed by atoms with Gasteiger partial charge in [0.1, 0.15) is 0 Å². The van der Waals surface area contributed by atoms with E-state index >= 15 is 0 Å². The van der Waals surface area contributed by atoms with Crippen LogP contribution in [-0.4, -0.2) is 36.1 Å². The zero-order chi connectivity index (χ0) is 12.1. The molecule has 2 nitrogen and oxygen atoms in total. The van der Waals surface area contributed by atoms with Crippen LogP contribution in [0.4, 0.5) is 0 Å². The SMILES string of the molecule is CCC1CCC(C)N1CC(C)CNC(C)C. The van der Waals surface area contributed by atoms with Crippen LogP contribution in [0, 0.1) is 5.92 Å².